The SMILES string of the molecule is CCCCS(=O)(=O)NC(CC)CC(N)=NO. The summed E-state index contributed by atoms with van der Waals surface area (Å²) in [5.41, 5.74) is 5.33. The number of unbranched alkanes of at least 4 members (excludes halogenated alkanes) is 1. The highest BCUT2D eigenvalue weighted by molar-refractivity contribution is 7.89. The Balaban J connectivity index is 4.31. The molecule has 7 heteroatoms. The van der Waals surface area contributed by atoms with Gasteiger partial charge in [-0.05, 0) is 12.8 Å². The molecule has 0 aromatic carbocycles. The Labute approximate surface area is 97.0 Å². The summed E-state index contributed by atoms with van der Waals surface area (Å²) in [5.74, 6) is 0.154. The molecule has 0 saturated heterocycles. The molecule has 0 aliphatic rings. The van der Waals surface area contributed by atoms with Gasteiger partial charge in [-0.15, -0.1) is 0 Å². The lowest BCUT2D eigenvalue weighted by molar-refractivity contribution is 0.316. The molecule has 0 aliphatic heterocycles. The molecule has 0 heterocycles. The number of nitrogens with one attached hydrogen (secondary N) is 1. The van der Waals surface area contributed by atoms with Crippen molar-refractivity contribution in [3.63, 3.8) is 0 Å². The van der Waals surface area contributed by atoms with Gasteiger partial charge >= 0.3 is 0 Å². The maximum Gasteiger partial charge on any atom is 0.211 e. The van der Waals surface area contributed by atoms with Crippen LogP contribution in [0.15, 0.2) is 5.16 Å². The first-order chi connectivity index (χ1) is 7.45. The van der Waals surface area contributed by atoms with Gasteiger partial charge in [0.1, 0.15) is 5.84 Å². The summed E-state index contributed by atoms with van der Waals surface area (Å²) in [5, 5.41) is 11.2. The number of nitrogens with two attached hydrogens (primary N) is 1. The second kappa shape index (κ2) is 7.45. The number of hydrogen-bond acceptors (Lipinski definition) is 4. The quantitative estimate of drug-likeness (QED) is 0.254. The summed E-state index contributed by atoms with van der Waals surface area (Å²) in [4.78, 5) is 0. The lowest BCUT2D eigenvalue weighted by Crippen LogP contribution is -2.38. The summed E-state index contributed by atoms with van der Waals surface area (Å²) < 4.78 is 25.7. The van der Waals surface area contributed by atoms with Crippen LogP contribution in [0, 0.1) is 0 Å². The van der Waals surface area contributed by atoms with Gasteiger partial charge in [-0.1, -0.05) is 25.4 Å². The number of nitrogens with zero attached hydrogens (tertiary/aromatic N) is 1. The molecule has 6 nitrogen and oxygen atoms in total. The van der Waals surface area contributed by atoms with E-state index in [1.807, 2.05) is 13.8 Å². The topological polar surface area (TPSA) is 105 Å². The predicted octanol–water partition coefficient (Wildman–Crippen LogP) is 0.621. The maximum atomic E-state index is 11.6. The Hall–Kier alpha value is -0.820. The molecule has 0 fully saturated rings. The van der Waals surface area contributed by atoms with E-state index in [-0.39, 0.29) is 24.1 Å². The molecule has 4 N–H and O–H groups in total. The van der Waals surface area contributed by atoms with Crippen molar-refractivity contribution < 1.29 is 13.6 Å². The Morgan fingerprint density at radius 2 is 2.12 bits per heavy atom. The highest BCUT2D eigenvalue weighted by atomic mass is 32.2. The fourth-order valence-corrected chi connectivity index (χ4v) is 2.75. The van der Waals surface area contributed by atoms with Crippen LogP contribution in [0.3, 0.4) is 0 Å². The third kappa shape index (κ3) is 6.62. The van der Waals surface area contributed by atoms with Crippen LogP contribution in [0.25, 0.3) is 0 Å². The van der Waals surface area contributed by atoms with Gasteiger partial charge in [0.15, 0.2) is 0 Å². The van der Waals surface area contributed by atoms with Gasteiger partial charge < -0.3 is 10.9 Å². The van der Waals surface area contributed by atoms with Gasteiger partial charge in [-0.2, -0.15) is 0 Å². The first kappa shape index (κ1) is 15.2. The zero-order valence-corrected chi connectivity index (χ0v) is 10.6. The van der Waals surface area contributed by atoms with Gasteiger partial charge in [-0.3, -0.25) is 0 Å². The third-order valence-corrected chi connectivity index (χ3v) is 3.71. The van der Waals surface area contributed by atoms with Gasteiger partial charge in [-0.25, -0.2) is 13.1 Å². The average molecular weight is 251 g/mol. The van der Waals surface area contributed by atoms with E-state index in [2.05, 4.69) is 9.88 Å². The molecule has 96 valence electrons. The summed E-state index contributed by atoms with van der Waals surface area (Å²) >= 11 is 0. The Bertz CT molecular complexity index is 314. The summed E-state index contributed by atoms with van der Waals surface area (Å²) in [6.07, 6.45) is 2.28. The van der Waals surface area contributed by atoms with Crippen LogP contribution in [0.2, 0.25) is 0 Å². The third-order valence-electron chi connectivity index (χ3n) is 2.19. The van der Waals surface area contributed by atoms with Crippen LogP contribution in [0.1, 0.15) is 39.5 Å². The number of amidine groups is 1. The Kier molecular flexibility index (Phi) is 7.07. The Morgan fingerprint density at radius 3 is 2.56 bits per heavy atom. The van der Waals surface area contributed by atoms with Crippen molar-refractivity contribution in [3.8, 4) is 0 Å². The van der Waals surface area contributed by atoms with Crippen LogP contribution in [0.4, 0.5) is 0 Å². The molecule has 1 atom stereocenters. The number of oxime groups is 1. The van der Waals surface area contributed by atoms with Gasteiger partial charge in [0.05, 0.1) is 5.75 Å². The number of rotatable bonds is 8. The minimum atomic E-state index is -3.25. The van der Waals surface area contributed by atoms with E-state index in [9.17, 15) is 8.42 Å². The lowest BCUT2D eigenvalue weighted by atomic mass is 10.1. The smallest absolute Gasteiger partial charge is 0.211 e. The first-order valence-electron chi connectivity index (χ1n) is 5.41. The molecule has 0 aromatic heterocycles. The van der Waals surface area contributed by atoms with Crippen molar-refractivity contribution in [2.75, 3.05) is 5.75 Å². The standard InChI is InChI=1S/C9H21N3O3S/c1-3-5-6-16(14,15)12-8(4-2)7-9(10)11-13/h8,12-13H,3-7H2,1-2H3,(H2,10,11). The van der Waals surface area contributed by atoms with E-state index >= 15 is 0 Å². The predicted molar refractivity (Wildman–Crippen MR) is 63.9 cm³/mol. The van der Waals surface area contributed by atoms with Crippen molar-refractivity contribution in [2.24, 2.45) is 10.9 Å². The molecule has 0 radical (unpaired) electrons. The normalized spacial score (nSPS) is 15.0. The summed E-state index contributed by atoms with van der Waals surface area (Å²) in [6.45, 7) is 3.78. The average Bonchev–Trinajstić information content (AvgIpc) is 2.25. The molecule has 0 saturated carbocycles. The molecule has 0 spiro atoms. The molecular formula is C9H21N3O3S. The van der Waals surface area contributed by atoms with Gasteiger partial charge in [0.2, 0.25) is 10.0 Å². The molecule has 16 heavy (non-hydrogen) atoms. The largest absolute Gasteiger partial charge is 0.409 e. The minimum absolute atomic E-state index is 0.0324. The van der Waals surface area contributed by atoms with E-state index in [4.69, 9.17) is 10.9 Å². The van der Waals surface area contributed by atoms with Crippen LogP contribution < -0.4 is 10.5 Å². The van der Waals surface area contributed by atoms with Crippen molar-refractivity contribution in [1.82, 2.24) is 4.72 Å². The van der Waals surface area contributed by atoms with Crippen molar-refractivity contribution >= 4 is 15.9 Å². The first-order valence-corrected chi connectivity index (χ1v) is 7.06. The van der Waals surface area contributed by atoms with Crippen LogP contribution in [-0.4, -0.2) is 31.3 Å². The molecule has 0 aliphatic carbocycles. The zero-order valence-electron chi connectivity index (χ0n) is 9.81. The van der Waals surface area contributed by atoms with Crippen LogP contribution >= 0.6 is 0 Å². The van der Waals surface area contributed by atoms with E-state index in [1.54, 1.807) is 0 Å². The molecular weight excluding hydrogens is 230 g/mol. The van der Waals surface area contributed by atoms with Crippen molar-refractivity contribution in [1.29, 1.82) is 0 Å². The summed E-state index contributed by atoms with van der Waals surface area (Å²) in [6, 6.07) is -0.308. The Morgan fingerprint density at radius 1 is 1.50 bits per heavy atom. The number of hydrogen-bond donors (Lipinski definition) is 3. The maximum absolute atomic E-state index is 11.6. The molecule has 0 rings (SSSR count). The second-order valence-corrected chi connectivity index (χ2v) is 5.56. The lowest BCUT2D eigenvalue weighted by Gasteiger charge is -2.16. The highest BCUT2D eigenvalue weighted by Crippen LogP contribution is 2.02. The summed E-state index contributed by atoms with van der Waals surface area (Å²) in [7, 11) is -3.25. The van der Waals surface area contributed by atoms with E-state index < -0.39 is 10.0 Å². The molecule has 0 amide bonds. The highest BCUT2D eigenvalue weighted by Gasteiger charge is 2.17. The van der Waals surface area contributed by atoms with Crippen molar-refractivity contribution in [3.05, 3.63) is 0 Å². The minimum Gasteiger partial charge on any atom is -0.409 e. The molecule has 1 unspecified atom stereocenters. The second-order valence-electron chi connectivity index (χ2n) is 3.69. The fraction of sp³-hybridized carbons (Fsp3) is 0.889. The number of sulfonamides is 1. The van der Waals surface area contributed by atoms with Crippen molar-refractivity contribution in [2.45, 2.75) is 45.6 Å². The van der Waals surface area contributed by atoms with E-state index in [0.29, 0.717) is 12.8 Å². The van der Waals surface area contributed by atoms with Gasteiger partial charge in [0, 0.05) is 12.5 Å². The zero-order chi connectivity index (χ0) is 12.6. The molecule has 0 bridgehead atoms. The fourth-order valence-electron chi connectivity index (χ4n) is 1.21. The monoisotopic (exact) mass is 251 g/mol. The molecule has 0 aromatic rings. The van der Waals surface area contributed by atoms with E-state index in [0.717, 1.165) is 6.42 Å². The van der Waals surface area contributed by atoms with Crippen LogP contribution in [0.5, 0.6) is 0 Å². The van der Waals surface area contributed by atoms with E-state index in [1.165, 1.54) is 0 Å². The van der Waals surface area contributed by atoms with Crippen LogP contribution in [-0.2, 0) is 10.0 Å². The van der Waals surface area contributed by atoms with Gasteiger partial charge in [0.25, 0.3) is 0 Å².